The number of hydrogen-bond acceptors (Lipinski definition) is 0. The highest BCUT2D eigenvalue weighted by Gasteiger charge is 2.38. The first-order chi connectivity index (χ1) is 33.5. The zero-order chi connectivity index (χ0) is 46.6. The van der Waals surface area contributed by atoms with E-state index in [1.807, 2.05) is 0 Å². The average molecular weight is 881 g/mol. The molecule has 0 fully saturated rings. The molecule has 0 heterocycles. The predicted octanol–water partition coefficient (Wildman–Crippen LogP) is 18.7. The normalized spacial score (nSPS) is 15.2. The lowest BCUT2D eigenvalue weighted by Crippen LogP contribution is -2.15. The van der Waals surface area contributed by atoms with Crippen molar-refractivity contribution in [3.63, 3.8) is 0 Å². The summed E-state index contributed by atoms with van der Waals surface area (Å²) in [5.41, 5.74) is 26.3. The molecule has 0 amide bonds. The molecule has 0 bridgehead atoms. The Balaban J connectivity index is 1.01. The molecule has 11 aromatic rings. The number of hydrogen-bond donors (Lipinski definition) is 0. The van der Waals surface area contributed by atoms with Crippen LogP contribution in [0, 0.1) is 0 Å². The molecule has 69 heavy (non-hydrogen) atoms. The molecule has 0 saturated carbocycles. The fourth-order valence-electron chi connectivity index (χ4n) is 13.3. The Morgan fingerprint density at radius 1 is 0.203 bits per heavy atom. The molecule has 0 N–H and O–H groups in total. The van der Waals surface area contributed by atoms with Crippen molar-refractivity contribution in [2.75, 3.05) is 0 Å². The highest BCUT2D eigenvalue weighted by atomic mass is 14.4. The van der Waals surface area contributed by atoms with Crippen molar-refractivity contribution in [3.05, 3.63) is 240 Å². The molecule has 0 spiro atoms. The molecular formula is C69H52. The van der Waals surface area contributed by atoms with Gasteiger partial charge in [0.1, 0.15) is 0 Å². The summed E-state index contributed by atoms with van der Waals surface area (Å²) >= 11 is 0. The van der Waals surface area contributed by atoms with E-state index in [1.165, 1.54) is 144 Å². The summed E-state index contributed by atoms with van der Waals surface area (Å²) in [5.74, 6) is 0. The van der Waals surface area contributed by atoms with E-state index < -0.39 is 0 Å². The summed E-state index contributed by atoms with van der Waals surface area (Å²) in [4.78, 5) is 0. The first-order valence-corrected chi connectivity index (χ1v) is 24.7. The van der Waals surface area contributed by atoms with Gasteiger partial charge in [0.2, 0.25) is 0 Å². The predicted molar refractivity (Wildman–Crippen MR) is 293 cm³/mol. The maximum atomic E-state index is 2.51. The third-order valence-corrected chi connectivity index (χ3v) is 16.9. The molecule has 0 unspecified atom stereocenters. The first-order valence-electron chi connectivity index (χ1n) is 24.7. The van der Waals surface area contributed by atoms with Crippen LogP contribution in [0.1, 0.15) is 74.9 Å². The lowest BCUT2D eigenvalue weighted by molar-refractivity contribution is 0.660. The smallest absolute Gasteiger partial charge is 0.0159 e. The van der Waals surface area contributed by atoms with Crippen molar-refractivity contribution in [1.82, 2.24) is 0 Å². The van der Waals surface area contributed by atoms with Crippen molar-refractivity contribution in [3.8, 4) is 77.9 Å². The zero-order valence-corrected chi connectivity index (χ0v) is 40.1. The second-order valence-electron chi connectivity index (χ2n) is 21.6. The van der Waals surface area contributed by atoms with E-state index in [4.69, 9.17) is 0 Å². The van der Waals surface area contributed by atoms with Crippen LogP contribution in [0.15, 0.2) is 206 Å². The van der Waals surface area contributed by atoms with Gasteiger partial charge >= 0.3 is 0 Å². The molecule has 0 heteroatoms. The van der Waals surface area contributed by atoms with E-state index in [2.05, 4.69) is 248 Å². The molecule has 328 valence electrons. The average Bonchev–Trinajstić information content (AvgIpc) is 3.86. The van der Waals surface area contributed by atoms with Gasteiger partial charge in [-0.25, -0.2) is 0 Å². The summed E-state index contributed by atoms with van der Waals surface area (Å²) in [5, 5.41) is 7.60. The molecule has 0 saturated heterocycles. The van der Waals surface area contributed by atoms with Crippen LogP contribution < -0.4 is 0 Å². The van der Waals surface area contributed by atoms with E-state index in [-0.39, 0.29) is 16.2 Å². The Morgan fingerprint density at radius 2 is 0.536 bits per heavy atom. The maximum absolute atomic E-state index is 2.51. The fraction of sp³-hybridized carbons (Fsp3) is 0.130. The van der Waals surface area contributed by atoms with Crippen LogP contribution in [0.5, 0.6) is 0 Å². The molecule has 3 aliphatic rings. The van der Waals surface area contributed by atoms with Crippen molar-refractivity contribution in [1.29, 1.82) is 0 Å². The minimum absolute atomic E-state index is 0.0737. The summed E-state index contributed by atoms with van der Waals surface area (Å²) < 4.78 is 0. The van der Waals surface area contributed by atoms with Gasteiger partial charge < -0.3 is 0 Å². The van der Waals surface area contributed by atoms with Gasteiger partial charge in [-0.3, -0.25) is 0 Å². The quantitative estimate of drug-likeness (QED) is 0.155. The van der Waals surface area contributed by atoms with Crippen molar-refractivity contribution in [2.45, 2.75) is 57.8 Å². The van der Waals surface area contributed by atoms with Crippen molar-refractivity contribution in [2.24, 2.45) is 0 Å². The molecule has 0 radical (unpaired) electrons. The topological polar surface area (TPSA) is 0 Å². The third kappa shape index (κ3) is 5.52. The van der Waals surface area contributed by atoms with Crippen LogP contribution in [0.3, 0.4) is 0 Å². The monoisotopic (exact) mass is 880 g/mol. The molecular weight excluding hydrogens is 829 g/mol. The Bertz CT molecular complexity index is 4040. The second kappa shape index (κ2) is 14.1. The number of benzene rings is 11. The molecule has 0 atom stereocenters. The highest BCUT2D eigenvalue weighted by molar-refractivity contribution is 6.24. The zero-order valence-electron chi connectivity index (χ0n) is 40.1. The van der Waals surface area contributed by atoms with Gasteiger partial charge in [-0.2, -0.15) is 0 Å². The summed E-state index contributed by atoms with van der Waals surface area (Å²) in [6.45, 7) is 14.3. The van der Waals surface area contributed by atoms with E-state index in [0.717, 1.165) is 0 Å². The standard InChI is InChI=1S/C69H52/c1-67(2)59-24-14-11-19-48(59)51-31-27-42(38-62(51)67)41-28-34-57-58(37-41)65(44-30-33-53-50-21-13-16-26-61(50)69(5,6)64(53)40-44)54-22-9-10-23-55(54)66(57)56-36-35-45(46-17-7-8-18-47(46)56)43-29-32-52-49-20-12-15-25-60(49)68(3,4)63(52)39-43/h7-40H,1-6H3. The van der Waals surface area contributed by atoms with Gasteiger partial charge in [-0.15, -0.1) is 0 Å². The first kappa shape index (κ1) is 40.3. The largest absolute Gasteiger partial charge is 0.0619 e. The highest BCUT2D eigenvalue weighted by Crippen LogP contribution is 2.55. The van der Waals surface area contributed by atoms with Crippen LogP contribution in [0.2, 0.25) is 0 Å². The Morgan fingerprint density at radius 3 is 1.09 bits per heavy atom. The lowest BCUT2D eigenvalue weighted by Gasteiger charge is -2.24. The van der Waals surface area contributed by atoms with E-state index in [9.17, 15) is 0 Å². The van der Waals surface area contributed by atoms with E-state index in [1.54, 1.807) is 0 Å². The summed E-state index contributed by atoms with van der Waals surface area (Å²) in [6.07, 6.45) is 0. The van der Waals surface area contributed by atoms with Gasteiger partial charge in [0, 0.05) is 16.2 Å². The van der Waals surface area contributed by atoms with Crippen LogP contribution in [0.4, 0.5) is 0 Å². The van der Waals surface area contributed by atoms with Crippen LogP contribution in [-0.4, -0.2) is 0 Å². The Kier molecular flexibility index (Phi) is 8.25. The van der Waals surface area contributed by atoms with Gasteiger partial charge in [0.25, 0.3) is 0 Å². The molecule has 14 rings (SSSR count). The van der Waals surface area contributed by atoms with Crippen LogP contribution in [0.25, 0.3) is 110 Å². The molecule has 0 nitrogen and oxygen atoms in total. The second-order valence-corrected chi connectivity index (χ2v) is 21.6. The minimum Gasteiger partial charge on any atom is -0.0619 e. The van der Waals surface area contributed by atoms with Crippen molar-refractivity contribution >= 4 is 32.3 Å². The lowest BCUT2D eigenvalue weighted by atomic mass is 9.79. The molecule has 11 aromatic carbocycles. The third-order valence-electron chi connectivity index (χ3n) is 16.9. The SMILES string of the molecule is CC1(C)c2ccccc2-c2ccc(-c3ccc4c(-c5ccc(-c6ccc7c(c6)C(C)(C)c6ccccc6-7)c6ccccc56)c5ccccc5c(-c5ccc6c(c5)C(C)(C)c5ccccc5-6)c4c3)cc21. The van der Waals surface area contributed by atoms with E-state index >= 15 is 0 Å². The Hall–Kier alpha value is -7.80. The summed E-state index contributed by atoms with van der Waals surface area (Å²) in [7, 11) is 0. The van der Waals surface area contributed by atoms with Gasteiger partial charge in [0.15, 0.2) is 0 Å². The van der Waals surface area contributed by atoms with Crippen LogP contribution >= 0.6 is 0 Å². The fourth-order valence-corrected chi connectivity index (χ4v) is 13.3. The van der Waals surface area contributed by atoms with Gasteiger partial charge in [-0.05, 0) is 168 Å². The number of fused-ring (bicyclic) bond motifs is 12. The van der Waals surface area contributed by atoms with Gasteiger partial charge in [-0.1, -0.05) is 224 Å². The molecule has 0 aliphatic heterocycles. The maximum Gasteiger partial charge on any atom is 0.0159 e. The van der Waals surface area contributed by atoms with E-state index in [0.29, 0.717) is 0 Å². The molecule has 3 aliphatic carbocycles. The Labute approximate surface area is 405 Å². The van der Waals surface area contributed by atoms with Crippen molar-refractivity contribution < 1.29 is 0 Å². The summed E-state index contributed by atoms with van der Waals surface area (Å²) in [6, 6.07) is 78.9. The minimum atomic E-state index is -0.118. The van der Waals surface area contributed by atoms with Crippen LogP contribution in [-0.2, 0) is 16.2 Å². The molecule has 0 aromatic heterocycles. The van der Waals surface area contributed by atoms with Gasteiger partial charge in [0.05, 0.1) is 0 Å². The number of rotatable bonds is 4.